The second-order valence-electron chi connectivity index (χ2n) is 6.80. The third-order valence-corrected chi connectivity index (χ3v) is 5.83. The first-order valence-electron chi connectivity index (χ1n) is 8.25. The lowest BCUT2D eigenvalue weighted by Crippen LogP contribution is -2.63. The van der Waals surface area contributed by atoms with Crippen LogP contribution >= 0.6 is 15.9 Å². The van der Waals surface area contributed by atoms with E-state index in [0.717, 1.165) is 35.8 Å². The van der Waals surface area contributed by atoms with Crippen molar-refractivity contribution in [1.82, 2.24) is 10.2 Å². The molecule has 1 aromatic carbocycles. The first-order valence-corrected chi connectivity index (χ1v) is 9.05. The normalized spacial score (nSPS) is 22.8. The van der Waals surface area contributed by atoms with Crippen LogP contribution in [0.1, 0.15) is 42.5 Å². The van der Waals surface area contributed by atoms with Crippen molar-refractivity contribution in [2.75, 3.05) is 18.4 Å². The van der Waals surface area contributed by atoms with Crippen LogP contribution in [0.2, 0.25) is 0 Å². The smallest absolute Gasteiger partial charge is 0.255 e. The predicted octanol–water partition coefficient (Wildman–Crippen LogP) is 2.72. The molecule has 2 aliphatic heterocycles. The molecule has 0 radical (unpaired) electrons. The molecule has 0 unspecified atom stereocenters. The summed E-state index contributed by atoms with van der Waals surface area (Å²) in [5, 5.41) is 6.62. The molecule has 122 valence electrons. The number of hydrogen-bond acceptors (Lipinski definition) is 3. The zero-order valence-electron chi connectivity index (χ0n) is 12.9. The molecule has 3 aliphatic rings. The number of hydrogen-bond donors (Lipinski definition) is 2. The summed E-state index contributed by atoms with van der Waals surface area (Å²) in [5.74, 6) is 0.507. The van der Waals surface area contributed by atoms with Gasteiger partial charge in [-0.3, -0.25) is 9.59 Å². The van der Waals surface area contributed by atoms with Crippen LogP contribution in [0.4, 0.5) is 5.69 Å². The highest BCUT2D eigenvalue weighted by atomic mass is 79.9. The first-order chi connectivity index (χ1) is 11.1. The fourth-order valence-electron chi connectivity index (χ4n) is 3.66. The number of rotatable bonds is 1. The zero-order chi connectivity index (χ0) is 16.0. The lowest BCUT2D eigenvalue weighted by Gasteiger charge is -2.46. The van der Waals surface area contributed by atoms with Crippen LogP contribution in [0.25, 0.3) is 0 Å². The molecule has 1 saturated carbocycles. The van der Waals surface area contributed by atoms with E-state index in [9.17, 15) is 9.59 Å². The second kappa shape index (κ2) is 5.51. The van der Waals surface area contributed by atoms with E-state index < -0.39 is 5.66 Å². The molecule has 1 aliphatic carbocycles. The Bertz CT molecular complexity index is 664. The van der Waals surface area contributed by atoms with E-state index in [1.165, 1.54) is 6.42 Å². The Morgan fingerprint density at radius 3 is 2.61 bits per heavy atom. The molecule has 2 heterocycles. The Balaban J connectivity index is 1.48. The highest BCUT2D eigenvalue weighted by Gasteiger charge is 2.42. The van der Waals surface area contributed by atoms with Crippen molar-refractivity contribution in [2.45, 2.75) is 37.8 Å². The summed E-state index contributed by atoms with van der Waals surface area (Å²) < 4.78 is 0.894. The molecule has 1 spiro atoms. The van der Waals surface area contributed by atoms with Crippen molar-refractivity contribution in [3.63, 3.8) is 0 Å². The van der Waals surface area contributed by atoms with Gasteiger partial charge >= 0.3 is 0 Å². The van der Waals surface area contributed by atoms with Crippen LogP contribution in [0.3, 0.4) is 0 Å². The zero-order valence-corrected chi connectivity index (χ0v) is 14.5. The van der Waals surface area contributed by atoms with Gasteiger partial charge in [-0.25, -0.2) is 0 Å². The van der Waals surface area contributed by atoms with Crippen molar-refractivity contribution in [1.29, 1.82) is 0 Å². The number of amides is 2. The van der Waals surface area contributed by atoms with Crippen LogP contribution < -0.4 is 10.6 Å². The summed E-state index contributed by atoms with van der Waals surface area (Å²) in [4.78, 5) is 26.8. The third kappa shape index (κ3) is 2.63. The minimum absolute atomic E-state index is 0.0428. The number of fused-ring (bicyclic) bond motifs is 1. The maximum Gasteiger partial charge on any atom is 0.255 e. The molecule has 1 saturated heterocycles. The predicted molar refractivity (Wildman–Crippen MR) is 91.1 cm³/mol. The van der Waals surface area contributed by atoms with E-state index in [1.54, 1.807) is 0 Å². The topological polar surface area (TPSA) is 61.4 Å². The van der Waals surface area contributed by atoms with Crippen LogP contribution in [0.5, 0.6) is 0 Å². The molecule has 2 N–H and O–H groups in total. The molecule has 4 rings (SSSR count). The highest BCUT2D eigenvalue weighted by molar-refractivity contribution is 9.10. The number of piperidine rings is 1. The molecule has 6 heteroatoms. The van der Waals surface area contributed by atoms with E-state index in [4.69, 9.17) is 0 Å². The van der Waals surface area contributed by atoms with Crippen molar-refractivity contribution in [3.8, 4) is 0 Å². The van der Waals surface area contributed by atoms with Gasteiger partial charge in [-0.2, -0.15) is 0 Å². The molecule has 2 fully saturated rings. The molecular weight excluding hydrogens is 358 g/mol. The van der Waals surface area contributed by atoms with Gasteiger partial charge in [-0.05, 0) is 31.0 Å². The fraction of sp³-hybridized carbons (Fsp3) is 0.529. The Labute approximate surface area is 143 Å². The van der Waals surface area contributed by atoms with Gasteiger partial charge in [0.15, 0.2) is 0 Å². The largest absolute Gasteiger partial charge is 0.362 e. The summed E-state index contributed by atoms with van der Waals surface area (Å²) in [7, 11) is 0. The van der Waals surface area contributed by atoms with Crippen LogP contribution in [0.15, 0.2) is 22.7 Å². The average molecular weight is 378 g/mol. The summed E-state index contributed by atoms with van der Waals surface area (Å²) in [6, 6.07) is 5.71. The first kappa shape index (κ1) is 15.0. The number of carbonyl (C=O) groups excluding carboxylic acids is 2. The summed E-state index contributed by atoms with van der Waals surface area (Å²) in [6.07, 6.45) is 4.74. The molecule has 2 amide bonds. The molecule has 1 aromatic rings. The van der Waals surface area contributed by atoms with Gasteiger partial charge in [0.2, 0.25) is 5.91 Å². The Morgan fingerprint density at radius 2 is 1.96 bits per heavy atom. The van der Waals surface area contributed by atoms with E-state index >= 15 is 0 Å². The monoisotopic (exact) mass is 377 g/mol. The molecular formula is C17H20BrN3O2. The standard InChI is InChI=1S/C17H20BrN3O2/c18-12-4-5-14-13(10-12)15(22)20-17(19-14)6-8-21(9-7-17)16(23)11-2-1-3-11/h4-5,10-11,19H,1-3,6-9H2,(H,20,22). The highest BCUT2D eigenvalue weighted by Crippen LogP contribution is 2.34. The molecule has 0 bridgehead atoms. The number of nitrogens with one attached hydrogen (secondary N) is 2. The quantitative estimate of drug-likeness (QED) is 0.790. The molecule has 23 heavy (non-hydrogen) atoms. The number of anilines is 1. The van der Waals surface area contributed by atoms with E-state index in [0.29, 0.717) is 24.6 Å². The lowest BCUT2D eigenvalue weighted by atomic mass is 9.83. The van der Waals surface area contributed by atoms with E-state index in [-0.39, 0.29) is 11.8 Å². The molecule has 0 aromatic heterocycles. The third-order valence-electron chi connectivity index (χ3n) is 5.34. The van der Waals surface area contributed by atoms with Gasteiger partial charge in [0.25, 0.3) is 5.91 Å². The lowest BCUT2D eigenvalue weighted by molar-refractivity contribution is -0.139. The Kier molecular flexibility index (Phi) is 3.59. The van der Waals surface area contributed by atoms with Crippen LogP contribution in [0, 0.1) is 5.92 Å². The van der Waals surface area contributed by atoms with Crippen molar-refractivity contribution < 1.29 is 9.59 Å². The van der Waals surface area contributed by atoms with Gasteiger partial charge < -0.3 is 15.5 Å². The van der Waals surface area contributed by atoms with Gasteiger partial charge in [0, 0.05) is 42.0 Å². The average Bonchev–Trinajstić information content (AvgIpc) is 2.47. The number of likely N-dealkylation sites (tertiary alicyclic amines) is 1. The van der Waals surface area contributed by atoms with Gasteiger partial charge in [-0.1, -0.05) is 22.4 Å². The number of nitrogens with zero attached hydrogens (tertiary/aromatic N) is 1. The Morgan fingerprint density at radius 1 is 1.22 bits per heavy atom. The fourth-order valence-corrected chi connectivity index (χ4v) is 4.02. The minimum Gasteiger partial charge on any atom is -0.362 e. The SMILES string of the molecule is O=C1NC2(CCN(C(=O)C3CCC3)CC2)Nc2ccc(Br)cc21. The van der Waals surface area contributed by atoms with Gasteiger partial charge in [0.1, 0.15) is 5.66 Å². The summed E-state index contributed by atoms with van der Waals surface area (Å²) in [5.41, 5.74) is 1.11. The minimum atomic E-state index is -0.422. The van der Waals surface area contributed by atoms with Crippen molar-refractivity contribution in [3.05, 3.63) is 28.2 Å². The second-order valence-corrected chi connectivity index (χ2v) is 7.72. The van der Waals surface area contributed by atoms with E-state index in [2.05, 4.69) is 26.6 Å². The summed E-state index contributed by atoms with van der Waals surface area (Å²) >= 11 is 3.40. The maximum absolute atomic E-state index is 12.4. The van der Waals surface area contributed by atoms with Crippen molar-refractivity contribution >= 4 is 33.4 Å². The molecule has 5 nitrogen and oxygen atoms in total. The maximum atomic E-state index is 12.4. The molecule has 0 atom stereocenters. The van der Waals surface area contributed by atoms with Gasteiger partial charge in [0.05, 0.1) is 5.56 Å². The van der Waals surface area contributed by atoms with Crippen LogP contribution in [-0.4, -0.2) is 35.5 Å². The van der Waals surface area contributed by atoms with Crippen LogP contribution in [-0.2, 0) is 4.79 Å². The van der Waals surface area contributed by atoms with Gasteiger partial charge in [-0.15, -0.1) is 0 Å². The number of carbonyl (C=O) groups is 2. The Hall–Kier alpha value is -1.56. The van der Waals surface area contributed by atoms with E-state index in [1.807, 2.05) is 23.1 Å². The number of halogens is 1. The number of benzene rings is 1. The van der Waals surface area contributed by atoms with Crippen molar-refractivity contribution in [2.24, 2.45) is 5.92 Å². The summed E-state index contributed by atoms with van der Waals surface area (Å²) in [6.45, 7) is 1.41.